The van der Waals surface area contributed by atoms with E-state index in [0.717, 1.165) is 25.7 Å². The van der Waals surface area contributed by atoms with Crippen LogP contribution in [0, 0.1) is 11.8 Å². The van der Waals surface area contributed by atoms with Gasteiger partial charge in [-0.05, 0) is 50.5 Å². The van der Waals surface area contributed by atoms with E-state index in [0.29, 0.717) is 23.9 Å². The molecule has 0 aromatic heterocycles. The summed E-state index contributed by atoms with van der Waals surface area (Å²) >= 11 is 0. The van der Waals surface area contributed by atoms with E-state index in [1.807, 2.05) is 0 Å². The van der Waals surface area contributed by atoms with Crippen molar-refractivity contribution in [3.8, 4) is 0 Å². The summed E-state index contributed by atoms with van der Waals surface area (Å²) in [5, 5.41) is 12.5. The van der Waals surface area contributed by atoms with Crippen LogP contribution in [0.1, 0.15) is 50.5 Å². The van der Waals surface area contributed by atoms with Crippen molar-refractivity contribution in [3.05, 3.63) is 35.9 Å². The van der Waals surface area contributed by atoms with Crippen LogP contribution in [-0.2, 0) is 4.79 Å². The predicted octanol–water partition coefficient (Wildman–Crippen LogP) is 2.83. The predicted molar refractivity (Wildman–Crippen MR) is 85.6 cm³/mol. The molecule has 0 bridgehead atoms. The van der Waals surface area contributed by atoms with Crippen LogP contribution in [-0.4, -0.2) is 23.2 Å². The molecule has 2 aliphatic carbocycles. The maximum Gasteiger partial charge on any atom is 0.246 e. The van der Waals surface area contributed by atoms with Crippen LogP contribution in [0.3, 0.4) is 0 Å². The normalized spacial score (nSPS) is 32.3. The minimum absolute atomic E-state index is 0.00792. The molecule has 4 heteroatoms. The summed E-state index contributed by atoms with van der Waals surface area (Å²) in [5.41, 5.74) is 3.23. The molecule has 120 valence electrons. The highest BCUT2D eigenvalue weighted by molar-refractivity contribution is 5.77. The molecular weight excluding hydrogens is 276 g/mol. The average molecular weight is 302 g/mol. The number of hydrogen-bond donors (Lipinski definition) is 3. The van der Waals surface area contributed by atoms with E-state index >= 15 is 0 Å². The van der Waals surface area contributed by atoms with E-state index in [9.17, 15) is 4.79 Å². The Bertz CT molecular complexity index is 497. The number of carbonyl (C=O) groups is 1. The summed E-state index contributed by atoms with van der Waals surface area (Å²) in [7, 11) is 0. The van der Waals surface area contributed by atoms with Gasteiger partial charge in [-0.25, -0.2) is 5.48 Å². The fourth-order valence-corrected chi connectivity index (χ4v) is 3.89. The Morgan fingerprint density at radius 3 is 2.50 bits per heavy atom. The zero-order valence-corrected chi connectivity index (χ0v) is 13.2. The Balaban J connectivity index is 1.44. The van der Waals surface area contributed by atoms with Gasteiger partial charge in [-0.1, -0.05) is 30.3 Å². The van der Waals surface area contributed by atoms with Crippen LogP contribution in [0.15, 0.2) is 30.3 Å². The van der Waals surface area contributed by atoms with Crippen LogP contribution in [0.4, 0.5) is 0 Å². The molecule has 2 unspecified atom stereocenters. The molecule has 3 N–H and O–H groups in total. The molecule has 2 fully saturated rings. The molecule has 1 amide bonds. The van der Waals surface area contributed by atoms with E-state index in [1.165, 1.54) is 12.0 Å². The molecule has 0 aliphatic heterocycles. The zero-order valence-electron chi connectivity index (χ0n) is 13.2. The van der Waals surface area contributed by atoms with Crippen molar-refractivity contribution in [2.45, 2.75) is 57.0 Å². The molecular formula is C18H26N2O2. The van der Waals surface area contributed by atoms with E-state index in [1.54, 1.807) is 5.48 Å². The smallest absolute Gasteiger partial charge is 0.246 e. The maximum absolute atomic E-state index is 11.5. The van der Waals surface area contributed by atoms with Crippen LogP contribution in [0.25, 0.3) is 0 Å². The van der Waals surface area contributed by atoms with Gasteiger partial charge >= 0.3 is 0 Å². The molecule has 3 atom stereocenters. The number of amides is 1. The topological polar surface area (TPSA) is 61.4 Å². The van der Waals surface area contributed by atoms with Crippen LogP contribution in [0.2, 0.25) is 0 Å². The summed E-state index contributed by atoms with van der Waals surface area (Å²) < 4.78 is 0. The van der Waals surface area contributed by atoms with Crippen molar-refractivity contribution in [2.75, 3.05) is 0 Å². The number of hydrogen-bond acceptors (Lipinski definition) is 3. The molecule has 2 saturated carbocycles. The fraction of sp³-hybridized carbons (Fsp3) is 0.611. The molecule has 3 rings (SSSR count). The van der Waals surface area contributed by atoms with Crippen molar-refractivity contribution >= 4 is 5.91 Å². The standard InChI is InChI=1S/C18H26N2O2/c1-12(13-7-9-15(10-8-13)18(21)20-22)19-17-11-16(17)14-5-3-2-4-6-14/h2-6,12-13,15-17,19,22H,7-11H2,1H3,(H,20,21)/t12-,13?,15?,16?,17?/m1/s1. The summed E-state index contributed by atoms with van der Waals surface area (Å²) in [6.07, 6.45) is 5.13. The third-order valence-electron chi connectivity index (χ3n) is 5.46. The highest BCUT2D eigenvalue weighted by Crippen LogP contribution is 2.42. The van der Waals surface area contributed by atoms with Crippen LogP contribution >= 0.6 is 0 Å². The third kappa shape index (κ3) is 3.50. The first-order valence-electron chi connectivity index (χ1n) is 8.44. The second-order valence-electron chi connectivity index (χ2n) is 6.90. The first-order chi connectivity index (χ1) is 10.7. The van der Waals surface area contributed by atoms with Crippen molar-refractivity contribution in [1.29, 1.82) is 0 Å². The van der Waals surface area contributed by atoms with Crippen LogP contribution in [0.5, 0.6) is 0 Å². The SMILES string of the molecule is C[C@@H](NC1CC1c1ccccc1)C1CCC(C(=O)NO)CC1. The quantitative estimate of drug-likeness (QED) is 0.579. The van der Waals surface area contributed by atoms with E-state index in [2.05, 4.69) is 42.6 Å². The number of carbonyl (C=O) groups excluding carboxylic acids is 1. The van der Waals surface area contributed by atoms with E-state index < -0.39 is 0 Å². The highest BCUT2D eigenvalue weighted by atomic mass is 16.5. The van der Waals surface area contributed by atoms with Gasteiger partial charge in [-0.2, -0.15) is 0 Å². The van der Waals surface area contributed by atoms with Crippen molar-refractivity contribution in [3.63, 3.8) is 0 Å². The maximum atomic E-state index is 11.5. The minimum atomic E-state index is -0.217. The number of rotatable bonds is 5. The fourth-order valence-electron chi connectivity index (χ4n) is 3.89. The van der Waals surface area contributed by atoms with Gasteiger partial charge < -0.3 is 5.32 Å². The molecule has 0 radical (unpaired) electrons. The van der Waals surface area contributed by atoms with Crippen molar-refractivity contribution < 1.29 is 10.0 Å². The molecule has 0 heterocycles. The number of benzene rings is 1. The molecule has 1 aromatic carbocycles. The number of hydroxylamine groups is 1. The third-order valence-corrected chi connectivity index (χ3v) is 5.46. The summed E-state index contributed by atoms with van der Waals surface area (Å²) in [5.74, 6) is 1.08. The Kier molecular flexibility index (Phi) is 4.79. The van der Waals surface area contributed by atoms with Gasteiger partial charge in [0.2, 0.25) is 5.91 Å². The Morgan fingerprint density at radius 1 is 1.18 bits per heavy atom. The molecule has 22 heavy (non-hydrogen) atoms. The van der Waals surface area contributed by atoms with E-state index in [-0.39, 0.29) is 11.8 Å². The minimum Gasteiger partial charge on any atom is -0.311 e. The summed E-state index contributed by atoms with van der Waals surface area (Å²) in [4.78, 5) is 11.5. The van der Waals surface area contributed by atoms with Gasteiger partial charge in [0, 0.05) is 23.9 Å². The van der Waals surface area contributed by atoms with Crippen LogP contribution < -0.4 is 10.8 Å². The number of nitrogens with one attached hydrogen (secondary N) is 2. The molecule has 2 aliphatic rings. The summed E-state index contributed by atoms with van der Waals surface area (Å²) in [6, 6.07) is 11.8. The Morgan fingerprint density at radius 2 is 1.86 bits per heavy atom. The lowest BCUT2D eigenvalue weighted by atomic mass is 9.78. The molecule has 4 nitrogen and oxygen atoms in total. The van der Waals surface area contributed by atoms with Gasteiger partial charge in [-0.15, -0.1) is 0 Å². The monoisotopic (exact) mass is 302 g/mol. The second kappa shape index (κ2) is 6.80. The highest BCUT2D eigenvalue weighted by Gasteiger charge is 2.40. The lowest BCUT2D eigenvalue weighted by Gasteiger charge is -2.32. The first-order valence-corrected chi connectivity index (χ1v) is 8.44. The Labute approximate surface area is 132 Å². The molecule has 0 saturated heterocycles. The first kappa shape index (κ1) is 15.5. The van der Waals surface area contributed by atoms with Gasteiger partial charge in [0.25, 0.3) is 0 Å². The van der Waals surface area contributed by atoms with Gasteiger partial charge in [0.1, 0.15) is 0 Å². The Hall–Kier alpha value is -1.39. The van der Waals surface area contributed by atoms with Gasteiger partial charge in [-0.3, -0.25) is 10.0 Å². The second-order valence-corrected chi connectivity index (χ2v) is 6.90. The molecule has 1 aromatic rings. The van der Waals surface area contributed by atoms with Gasteiger partial charge in [0.05, 0.1) is 0 Å². The van der Waals surface area contributed by atoms with E-state index in [4.69, 9.17) is 5.21 Å². The van der Waals surface area contributed by atoms with Crippen molar-refractivity contribution in [2.24, 2.45) is 11.8 Å². The lowest BCUT2D eigenvalue weighted by Crippen LogP contribution is -2.39. The largest absolute Gasteiger partial charge is 0.311 e. The average Bonchev–Trinajstić information content (AvgIpc) is 3.34. The summed E-state index contributed by atoms with van der Waals surface area (Å²) in [6.45, 7) is 2.28. The van der Waals surface area contributed by atoms with Crippen molar-refractivity contribution in [1.82, 2.24) is 10.8 Å². The lowest BCUT2D eigenvalue weighted by molar-refractivity contribution is -0.134. The molecule has 0 spiro atoms. The van der Waals surface area contributed by atoms with Gasteiger partial charge in [0.15, 0.2) is 0 Å². The zero-order chi connectivity index (χ0) is 15.5.